The number of benzene rings is 1. The van der Waals surface area contributed by atoms with Crippen molar-refractivity contribution in [1.82, 2.24) is 16.0 Å². The zero-order valence-electron chi connectivity index (χ0n) is 26.6. The molecule has 1 saturated carbocycles. The molecule has 0 aromatic heterocycles. The van der Waals surface area contributed by atoms with Gasteiger partial charge in [-0.05, 0) is 107 Å². The third-order valence-corrected chi connectivity index (χ3v) is 11.4. The number of hydrogen-bond acceptors (Lipinski definition) is 7. The largest absolute Gasteiger partial charge is 0.481 e. The van der Waals surface area contributed by atoms with E-state index in [0.29, 0.717) is 30.2 Å². The molecule has 3 aliphatic heterocycles. The summed E-state index contributed by atoms with van der Waals surface area (Å²) in [6, 6.07) is 10.0. The van der Waals surface area contributed by atoms with E-state index in [1.165, 1.54) is 36.8 Å². The Balaban J connectivity index is 1.35. The number of aliphatic carboxylic acids is 1. The molecule has 8 nitrogen and oxygen atoms in total. The normalized spacial score (nSPS) is 41.8. The van der Waals surface area contributed by atoms with Gasteiger partial charge in [0.1, 0.15) is 0 Å². The highest BCUT2D eigenvalue weighted by Crippen LogP contribution is 2.42. The van der Waals surface area contributed by atoms with Gasteiger partial charge in [0.05, 0.1) is 24.3 Å². The van der Waals surface area contributed by atoms with Crippen LogP contribution in [-0.2, 0) is 17.6 Å². The Morgan fingerprint density at radius 3 is 2.51 bits per heavy atom. The highest BCUT2D eigenvalue weighted by Gasteiger charge is 2.40. The van der Waals surface area contributed by atoms with Gasteiger partial charge in [0.25, 0.3) is 0 Å². The van der Waals surface area contributed by atoms with Crippen molar-refractivity contribution in [2.24, 2.45) is 23.5 Å². The van der Waals surface area contributed by atoms with Gasteiger partial charge in [0, 0.05) is 30.2 Å². The highest BCUT2D eigenvalue weighted by atomic mass is 16.4. The number of aliphatic hydroxyl groups is 2. The number of rotatable bonds is 3. The SMILES string of the molecule is CC1NC(C2CCC3CCCCCC(O)(CC(=O)O)CNC4(C)CC(N)NC(Cc5cccc(c5)CC3C2)C4)CCC1O. The minimum absolute atomic E-state index is 0.158. The molecule has 3 heterocycles. The molecule has 10 atom stereocenters. The minimum Gasteiger partial charge on any atom is -0.481 e. The van der Waals surface area contributed by atoms with Crippen LogP contribution >= 0.6 is 0 Å². The summed E-state index contributed by atoms with van der Waals surface area (Å²) in [6.07, 6.45) is 13.3. The molecule has 8 heteroatoms. The van der Waals surface area contributed by atoms with E-state index < -0.39 is 11.6 Å². The number of β-amino-alcohol motifs (C(OH)–C–C–N with tert-alkyl or cyclic N) is 1. The van der Waals surface area contributed by atoms with Crippen LogP contribution in [0.15, 0.2) is 24.3 Å². The van der Waals surface area contributed by atoms with Crippen molar-refractivity contribution in [3.63, 3.8) is 0 Å². The summed E-state index contributed by atoms with van der Waals surface area (Å²) in [5.41, 5.74) is 7.72. The van der Waals surface area contributed by atoms with E-state index in [1.54, 1.807) is 0 Å². The number of aliphatic hydroxyl groups excluding tert-OH is 1. The number of fused-ring (bicyclic) bond motifs is 5. The number of carboxylic acid groups (broad SMARTS) is 1. The molecule has 0 amide bonds. The Hall–Kier alpha value is -1.55. The number of piperidine rings is 2. The fraction of sp³-hybridized carbons (Fsp3) is 0.800. The van der Waals surface area contributed by atoms with E-state index in [2.05, 4.69) is 54.1 Å². The maximum absolute atomic E-state index is 11.7. The zero-order valence-corrected chi connectivity index (χ0v) is 26.6. The maximum atomic E-state index is 11.7. The smallest absolute Gasteiger partial charge is 0.306 e. The molecule has 43 heavy (non-hydrogen) atoms. The van der Waals surface area contributed by atoms with Crippen molar-refractivity contribution in [3.05, 3.63) is 35.4 Å². The second-order valence-electron chi connectivity index (χ2n) is 15.2. The van der Waals surface area contributed by atoms with Crippen molar-refractivity contribution in [3.8, 4) is 0 Å². The van der Waals surface area contributed by atoms with E-state index in [9.17, 15) is 20.1 Å². The van der Waals surface area contributed by atoms with Crippen molar-refractivity contribution in [1.29, 1.82) is 0 Å². The summed E-state index contributed by atoms with van der Waals surface area (Å²) in [6.45, 7) is 4.55. The lowest BCUT2D eigenvalue weighted by Gasteiger charge is -2.44. The molecule has 8 N–H and O–H groups in total. The number of hydrogen-bond donors (Lipinski definition) is 7. The third-order valence-electron chi connectivity index (χ3n) is 11.4. The van der Waals surface area contributed by atoms with Gasteiger partial charge < -0.3 is 31.7 Å². The highest BCUT2D eigenvalue weighted by molar-refractivity contribution is 5.68. The Morgan fingerprint density at radius 1 is 0.977 bits per heavy atom. The lowest BCUT2D eigenvalue weighted by atomic mass is 9.67. The summed E-state index contributed by atoms with van der Waals surface area (Å²) in [5.74, 6) is 1.02. The summed E-state index contributed by atoms with van der Waals surface area (Å²) in [5, 5.41) is 42.3. The summed E-state index contributed by atoms with van der Waals surface area (Å²) in [4.78, 5) is 11.7. The topological polar surface area (TPSA) is 140 Å². The van der Waals surface area contributed by atoms with E-state index in [-0.39, 0.29) is 42.9 Å². The number of nitrogens with two attached hydrogens (primary N) is 1. The lowest BCUT2D eigenvalue weighted by molar-refractivity contribution is -0.143. The standard InChI is InChI=1S/C35H58N4O4/c1-23-31(40)13-12-30(38-23)27-11-10-26-9-4-3-5-14-35(43,21-33(41)42)22-37-34(2)19-29(39-32(36)20-34)17-25-8-6-7-24(15-25)16-28(26)18-27/h6-8,15,23,26-32,37-40,43H,3-5,9-14,16-22,36H2,1-2H3,(H,41,42). The first kappa shape index (κ1) is 32.8. The van der Waals surface area contributed by atoms with Gasteiger partial charge in [0.2, 0.25) is 0 Å². The van der Waals surface area contributed by atoms with Gasteiger partial charge in [-0.2, -0.15) is 0 Å². The molecule has 3 fully saturated rings. The molecule has 1 aromatic carbocycles. The third kappa shape index (κ3) is 9.01. The van der Waals surface area contributed by atoms with E-state index in [4.69, 9.17) is 5.73 Å². The average Bonchev–Trinajstić information content (AvgIpc) is 2.93. The number of carbonyl (C=O) groups is 1. The molecule has 5 rings (SSSR count). The minimum atomic E-state index is -1.27. The van der Waals surface area contributed by atoms with Crippen molar-refractivity contribution >= 4 is 5.97 Å². The Bertz CT molecular complexity index is 1070. The van der Waals surface area contributed by atoms with Crippen LogP contribution in [0.5, 0.6) is 0 Å². The predicted octanol–water partition coefficient (Wildman–Crippen LogP) is 3.86. The van der Waals surface area contributed by atoms with Crippen LogP contribution in [-0.4, -0.2) is 69.4 Å². The summed E-state index contributed by atoms with van der Waals surface area (Å²) >= 11 is 0. The molecule has 1 aliphatic carbocycles. The first-order chi connectivity index (χ1) is 20.5. The molecule has 4 bridgehead atoms. The molecule has 2 saturated heterocycles. The van der Waals surface area contributed by atoms with E-state index in [0.717, 1.165) is 57.8 Å². The van der Waals surface area contributed by atoms with E-state index in [1.807, 2.05) is 0 Å². The van der Waals surface area contributed by atoms with E-state index >= 15 is 0 Å². The first-order valence-electron chi connectivity index (χ1n) is 17.2. The Morgan fingerprint density at radius 2 is 1.74 bits per heavy atom. The molecule has 0 radical (unpaired) electrons. The fourth-order valence-electron chi connectivity index (χ4n) is 9.08. The molecular formula is C35H58N4O4. The molecule has 0 spiro atoms. The molecule has 242 valence electrons. The van der Waals surface area contributed by atoms with Crippen LogP contribution in [0, 0.1) is 17.8 Å². The van der Waals surface area contributed by atoms with Gasteiger partial charge in [-0.1, -0.05) is 49.9 Å². The van der Waals surface area contributed by atoms with Crippen LogP contribution in [0.3, 0.4) is 0 Å². The zero-order chi connectivity index (χ0) is 30.6. The second kappa shape index (κ2) is 14.3. The maximum Gasteiger partial charge on any atom is 0.306 e. The van der Waals surface area contributed by atoms with Gasteiger partial charge in [-0.25, -0.2) is 0 Å². The van der Waals surface area contributed by atoms with Gasteiger partial charge >= 0.3 is 5.97 Å². The second-order valence-corrected chi connectivity index (χ2v) is 15.2. The molecular weight excluding hydrogens is 540 g/mol. The molecule has 4 aliphatic rings. The average molecular weight is 599 g/mol. The van der Waals surface area contributed by atoms with Gasteiger partial charge in [0.15, 0.2) is 0 Å². The number of nitrogens with one attached hydrogen (secondary N) is 3. The molecule has 10 unspecified atom stereocenters. The van der Waals surface area contributed by atoms with Gasteiger partial charge in [-0.15, -0.1) is 0 Å². The molecule has 1 aromatic rings. The fourth-order valence-corrected chi connectivity index (χ4v) is 9.08. The van der Waals surface area contributed by atoms with Crippen LogP contribution in [0.2, 0.25) is 0 Å². The van der Waals surface area contributed by atoms with Crippen molar-refractivity contribution in [2.75, 3.05) is 6.54 Å². The van der Waals surface area contributed by atoms with Gasteiger partial charge in [-0.3, -0.25) is 10.1 Å². The number of carboxylic acids is 1. The lowest BCUT2D eigenvalue weighted by Crippen LogP contribution is -2.63. The monoisotopic (exact) mass is 598 g/mol. The quantitative estimate of drug-likeness (QED) is 0.278. The summed E-state index contributed by atoms with van der Waals surface area (Å²) in [7, 11) is 0. The summed E-state index contributed by atoms with van der Waals surface area (Å²) < 4.78 is 0. The Kier molecular flexibility index (Phi) is 10.9. The Labute approximate surface area is 259 Å². The first-order valence-corrected chi connectivity index (χ1v) is 17.2. The van der Waals surface area contributed by atoms with Crippen molar-refractivity contribution < 1.29 is 20.1 Å². The van der Waals surface area contributed by atoms with Crippen LogP contribution in [0.4, 0.5) is 0 Å². The predicted molar refractivity (Wildman–Crippen MR) is 171 cm³/mol. The van der Waals surface area contributed by atoms with Crippen molar-refractivity contribution in [2.45, 2.75) is 152 Å². The van der Waals surface area contributed by atoms with Crippen LogP contribution in [0.1, 0.15) is 108 Å². The van der Waals surface area contributed by atoms with Crippen LogP contribution in [0.25, 0.3) is 0 Å². The van der Waals surface area contributed by atoms with Crippen LogP contribution < -0.4 is 21.7 Å².